The molecule has 0 saturated carbocycles. The molecule has 0 radical (unpaired) electrons. The normalized spacial score (nSPS) is 11.5. The Balaban J connectivity index is 2.03. The van der Waals surface area contributed by atoms with E-state index in [9.17, 15) is 9.59 Å². The molecule has 0 aliphatic heterocycles. The first kappa shape index (κ1) is 17.4. The molecule has 0 aliphatic carbocycles. The number of primary amides is 1. The number of carbonyl (C=O) groups is 2. The Morgan fingerprint density at radius 3 is 2.15 bits per heavy atom. The number of rotatable bonds is 6. The van der Waals surface area contributed by atoms with Crippen LogP contribution in [0.15, 0.2) is 85.2 Å². The number of pyridine rings is 1. The standard InChI is InChI=1S/C21H19N3O2/c22-20(25)19(17-9-3-1-4-10-17)24(15-16-8-7-13-23-14-16)21(26)18-11-5-2-6-12-18/h1-14,19H,15H2,(H2,22,25)/t19-/m1/s1. The van der Waals surface area contributed by atoms with E-state index < -0.39 is 11.9 Å². The molecule has 3 rings (SSSR count). The van der Waals surface area contributed by atoms with Gasteiger partial charge in [-0.2, -0.15) is 0 Å². The first-order valence-electron chi connectivity index (χ1n) is 8.26. The first-order valence-corrected chi connectivity index (χ1v) is 8.26. The molecule has 1 atom stereocenters. The first-order chi connectivity index (χ1) is 12.7. The lowest BCUT2D eigenvalue weighted by molar-refractivity contribution is -0.122. The van der Waals surface area contributed by atoms with Crippen LogP contribution in [-0.2, 0) is 11.3 Å². The Labute approximate surface area is 152 Å². The van der Waals surface area contributed by atoms with Crippen LogP contribution in [0.3, 0.4) is 0 Å². The SMILES string of the molecule is NC(=O)[C@@H](c1ccccc1)N(Cc1cccnc1)C(=O)c1ccccc1. The van der Waals surface area contributed by atoms with Gasteiger partial charge in [0.2, 0.25) is 5.91 Å². The molecular weight excluding hydrogens is 326 g/mol. The molecule has 0 bridgehead atoms. The fourth-order valence-electron chi connectivity index (χ4n) is 2.85. The lowest BCUT2D eigenvalue weighted by Gasteiger charge is -2.30. The number of hydrogen-bond donors (Lipinski definition) is 1. The van der Waals surface area contributed by atoms with E-state index in [1.54, 1.807) is 54.9 Å². The van der Waals surface area contributed by atoms with Crippen LogP contribution in [-0.4, -0.2) is 21.7 Å². The summed E-state index contributed by atoms with van der Waals surface area (Å²) in [5.41, 5.74) is 7.68. The maximum Gasteiger partial charge on any atom is 0.255 e. The second kappa shape index (κ2) is 8.07. The summed E-state index contributed by atoms with van der Waals surface area (Å²) in [6.07, 6.45) is 3.34. The molecule has 0 saturated heterocycles. The van der Waals surface area contributed by atoms with E-state index in [1.165, 1.54) is 4.90 Å². The molecule has 5 nitrogen and oxygen atoms in total. The third-order valence-corrected chi connectivity index (χ3v) is 4.05. The summed E-state index contributed by atoms with van der Waals surface area (Å²) in [5, 5.41) is 0. The minimum Gasteiger partial charge on any atom is -0.368 e. The van der Waals surface area contributed by atoms with Crippen molar-refractivity contribution in [1.29, 1.82) is 0 Å². The topological polar surface area (TPSA) is 76.3 Å². The molecule has 2 N–H and O–H groups in total. The Morgan fingerprint density at radius 2 is 1.58 bits per heavy atom. The number of hydrogen-bond acceptors (Lipinski definition) is 3. The highest BCUT2D eigenvalue weighted by Gasteiger charge is 2.30. The van der Waals surface area contributed by atoms with Crippen molar-refractivity contribution in [2.75, 3.05) is 0 Å². The highest BCUT2D eigenvalue weighted by molar-refractivity contribution is 5.97. The molecule has 0 fully saturated rings. The van der Waals surface area contributed by atoms with Crippen LogP contribution < -0.4 is 5.73 Å². The number of benzene rings is 2. The summed E-state index contributed by atoms with van der Waals surface area (Å²) in [5.74, 6) is -0.841. The van der Waals surface area contributed by atoms with Crippen LogP contribution in [0.2, 0.25) is 0 Å². The van der Waals surface area contributed by atoms with Crippen molar-refractivity contribution in [3.05, 3.63) is 102 Å². The van der Waals surface area contributed by atoms with Crippen molar-refractivity contribution in [2.24, 2.45) is 5.73 Å². The van der Waals surface area contributed by atoms with Crippen LogP contribution in [0.1, 0.15) is 27.5 Å². The van der Waals surface area contributed by atoms with Crippen molar-refractivity contribution in [2.45, 2.75) is 12.6 Å². The van der Waals surface area contributed by atoms with Crippen LogP contribution in [0.5, 0.6) is 0 Å². The Hall–Kier alpha value is -3.47. The number of aromatic nitrogens is 1. The molecule has 0 unspecified atom stereocenters. The van der Waals surface area contributed by atoms with Gasteiger partial charge in [-0.15, -0.1) is 0 Å². The third-order valence-electron chi connectivity index (χ3n) is 4.05. The maximum atomic E-state index is 13.2. The van der Waals surface area contributed by atoms with Gasteiger partial charge in [0, 0.05) is 24.5 Å². The molecule has 26 heavy (non-hydrogen) atoms. The number of nitrogens with two attached hydrogens (primary N) is 1. The largest absolute Gasteiger partial charge is 0.368 e. The second-order valence-corrected chi connectivity index (χ2v) is 5.88. The third kappa shape index (κ3) is 3.95. The molecule has 1 aromatic heterocycles. The number of nitrogens with zero attached hydrogens (tertiary/aromatic N) is 2. The zero-order valence-corrected chi connectivity index (χ0v) is 14.2. The predicted molar refractivity (Wildman–Crippen MR) is 98.9 cm³/mol. The van der Waals surface area contributed by atoms with E-state index in [4.69, 9.17) is 5.73 Å². The molecule has 3 aromatic rings. The minimum absolute atomic E-state index is 0.226. The summed E-state index contributed by atoms with van der Waals surface area (Å²) in [7, 11) is 0. The number of carbonyl (C=O) groups excluding carboxylic acids is 2. The monoisotopic (exact) mass is 345 g/mol. The van der Waals surface area contributed by atoms with E-state index >= 15 is 0 Å². The van der Waals surface area contributed by atoms with E-state index in [-0.39, 0.29) is 12.5 Å². The fourth-order valence-corrected chi connectivity index (χ4v) is 2.85. The lowest BCUT2D eigenvalue weighted by atomic mass is 10.0. The Kier molecular flexibility index (Phi) is 5.39. The van der Waals surface area contributed by atoms with Crippen molar-refractivity contribution in [3.8, 4) is 0 Å². The van der Waals surface area contributed by atoms with Crippen LogP contribution >= 0.6 is 0 Å². The van der Waals surface area contributed by atoms with Gasteiger partial charge >= 0.3 is 0 Å². The van der Waals surface area contributed by atoms with Gasteiger partial charge in [-0.1, -0.05) is 54.6 Å². The van der Waals surface area contributed by atoms with Crippen LogP contribution in [0.4, 0.5) is 0 Å². The van der Waals surface area contributed by atoms with Gasteiger partial charge in [0.05, 0.1) is 0 Å². The van der Waals surface area contributed by atoms with Gasteiger partial charge in [-0.3, -0.25) is 14.6 Å². The molecular formula is C21H19N3O2. The van der Waals surface area contributed by atoms with Gasteiger partial charge in [0.25, 0.3) is 5.91 Å². The van der Waals surface area contributed by atoms with Gasteiger partial charge in [0.15, 0.2) is 0 Å². The molecule has 0 spiro atoms. The van der Waals surface area contributed by atoms with Crippen molar-refractivity contribution < 1.29 is 9.59 Å². The fraction of sp³-hybridized carbons (Fsp3) is 0.0952. The van der Waals surface area contributed by atoms with E-state index in [1.807, 2.05) is 30.3 Å². The summed E-state index contributed by atoms with van der Waals surface area (Å²) < 4.78 is 0. The van der Waals surface area contributed by atoms with E-state index in [0.717, 1.165) is 5.56 Å². The van der Waals surface area contributed by atoms with Gasteiger partial charge in [-0.05, 0) is 29.3 Å². The van der Waals surface area contributed by atoms with Crippen molar-refractivity contribution in [1.82, 2.24) is 9.88 Å². The highest BCUT2D eigenvalue weighted by Crippen LogP contribution is 2.25. The van der Waals surface area contributed by atoms with Gasteiger partial charge < -0.3 is 10.6 Å². The summed E-state index contributed by atoms with van der Waals surface area (Å²) >= 11 is 0. The molecule has 1 heterocycles. The zero-order valence-electron chi connectivity index (χ0n) is 14.2. The van der Waals surface area contributed by atoms with Crippen LogP contribution in [0.25, 0.3) is 0 Å². The number of amides is 2. The maximum absolute atomic E-state index is 13.2. The Bertz CT molecular complexity index is 868. The highest BCUT2D eigenvalue weighted by atomic mass is 16.2. The van der Waals surface area contributed by atoms with Gasteiger partial charge in [-0.25, -0.2) is 0 Å². The molecule has 2 aromatic carbocycles. The molecule has 2 amide bonds. The van der Waals surface area contributed by atoms with Crippen LogP contribution in [0, 0.1) is 0 Å². The Morgan fingerprint density at radius 1 is 0.923 bits per heavy atom. The smallest absolute Gasteiger partial charge is 0.255 e. The summed E-state index contributed by atoms with van der Waals surface area (Å²) in [6.45, 7) is 0.226. The van der Waals surface area contributed by atoms with Gasteiger partial charge in [0.1, 0.15) is 6.04 Å². The van der Waals surface area contributed by atoms with Crippen molar-refractivity contribution >= 4 is 11.8 Å². The van der Waals surface area contributed by atoms with E-state index in [0.29, 0.717) is 11.1 Å². The average Bonchev–Trinajstić information content (AvgIpc) is 2.69. The lowest BCUT2D eigenvalue weighted by Crippen LogP contribution is -2.41. The molecule has 130 valence electrons. The predicted octanol–water partition coefficient (Wildman–Crippen LogP) is 2.95. The molecule has 0 aliphatic rings. The summed E-state index contributed by atoms with van der Waals surface area (Å²) in [4.78, 5) is 31.0. The quantitative estimate of drug-likeness (QED) is 0.746. The summed E-state index contributed by atoms with van der Waals surface area (Å²) in [6, 6.07) is 20.7. The van der Waals surface area contributed by atoms with Crippen molar-refractivity contribution in [3.63, 3.8) is 0 Å². The average molecular weight is 345 g/mol. The van der Waals surface area contributed by atoms with E-state index in [2.05, 4.69) is 4.98 Å². The second-order valence-electron chi connectivity index (χ2n) is 5.88. The zero-order chi connectivity index (χ0) is 18.4. The molecule has 5 heteroatoms. The minimum atomic E-state index is -0.871.